The Morgan fingerprint density at radius 2 is 1.96 bits per heavy atom. The summed E-state index contributed by atoms with van der Waals surface area (Å²) in [5, 5.41) is 17.6. The summed E-state index contributed by atoms with van der Waals surface area (Å²) < 4.78 is 1.65. The highest BCUT2D eigenvalue weighted by molar-refractivity contribution is 6.35. The Balaban J connectivity index is 1.45. The van der Waals surface area contributed by atoms with Crippen molar-refractivity contribution in [3.63, 3.8) is 0 Å². The fourth-order valence-corrected chi connectivity index (χ4v) is 4.55. The molecule has 4 rings (SSSR count). The van der Waals surface area contributed by atoms with Crippen molar-refractivity contribution in [2.24, 2.45) is 23.7 Å². The first kappa shape index (κ1) is 18.1. The van der Waals surface area contributed by atoms with E-state index in [9.17, 15) is 14.7 Å². The van der Waals surface area contributed by atoms with Crippen LogP contribution in [0.1, 0.15) is 12.0 Å². The first-order valence-electron chi connectivity index (χ1n) is 8.61. The zero-order valence-corrected chi connectivity index (χ0v) is 15.7. The van der Waals surface area contributed by atoms with Crippen LogP contribution >= 0.6 is 23.2 Å². The minimum Gasteiger partial charge on any atom is -0.481 e. The molecule has 0 saturated heterocycles. The molecule has 2 N–H and O–H groups in total. The van der Waals surface area contributed by atoms with Gasteiger partial charge in [-0.3, -0.25) is 14.3 Å². The molecule has 2 aliphatic rings. The zero-order chi connectivity index (χ0) is 19.1. The maximum atomic E-state index is 12.7. The average Bonchev–Trinajstić information content (AvgIpc) is 3.33. The van der Waals surface area contributed by atoms with Crippen LogP contribution in [0.5, 0.6) is 0 Å². The van der Waals surface area contributed by atoms with E-state index in [1.165, 1.54) is 0 Å². The molecule has 2 aliphatic carbocycles. The van der Waals surface area contributed by atoms with E-state index < -0.39 is 17.8 Å². The van der Waals surface area contributed by atoms with Crippen LogP contribution in [-0.2, 0) is 16.1 Å². The largest absolute Gasteiger partial charge is 0.481 e. The van der Waals surface area contributed by atoms with Crippen LogP contribution < -0.4 is 5.32 Å². The number of nitrogens with zero attached hydrogens (tertiary/aromatic N) is 2. The minimum absolute atomic E-state index is 0.0148. The van der Waals surface area contributed by atoms with Crippen LogP contribution in [0.4, 0.5) is 5.69 Å². The Hall–Kier alpha value is -2.31. The van der Waals surface area contributed by atoms with Gasteiger partial charge in [0.15, 0.2) is 0 Å². The Morgan fingerprint density at radius 1 is 1.22 bits per heavy atom. The Morgan fingerprint density at radius 3 is 2.67 bits per heavy atom. The molecule has 2 aromatic rings. The molecule has 6 nitrogen and oxygen atoms in total. The second-order valence-electron chi connectivity index (χ2n) is 6.99. The van der Waals surface area contributed by atoms with Crippen LogP contribution in [0.2, 0.25) is 10.0 Å². The number of hydrogen-bond acceptors (Lipinski definition) is 3. The second-order valence-corrected chi connectivity index (χ2v) is 7.83. The summed E-state index contributed by atoms with van der Waals surface area (Å²) in [6, 6.07) is 5.24. The van der Waals surface area contributed by atoms with Gasteiger partial charge < -0.3 is 10.4 Å². The highest BCUT2D eigenvalue weighted by Crippen LogP contribution is 2.48. The van der Waals surface area contributed by atoms with E-state index in [1.807, 2.05) is 18.2 Å². The normalized spacial score (nSPS) is 25.7. The van der Waals surface area contributed by atoms with Crippen LogP contribution in [0.15, 0.2) is 42.7 Å². The van der Waals surface area contributed by atoms with Crippen molar-refractivity contribution < 1.29 is 14.7 Å². The highest BCUT2D eigenvalue weighted by atomic mass is 35.5. The van der Waals surface area contributed by atoms with E-state index in [1.54, 1.807) is 29.2 Å². The Labute approximate surface area is 165 Å². The van der Waals surface area contributed by atoms with Gasteiger partial charge in [0.05, 0.1) is 30.3 Å². The van der Waals surface area contributed by atoms with Gasteiger partial charge in [-0.25, -0.2) is 0 Å². The maximum Gasteiger partial charge on any atom is 0.307 e. The van der Waals surface area contributed by atoms with Gasteiger partial charge in [0.1, 0.15) is 0 Å². The lowest BCUT2D eigenvalue weighted by atomic mass is 9.82. The van der Waals surface area contributed by atoms with Gasteiger partial charge in [-0.05, 0) is 36.0 Å². The van der Waals surface area contributed by atoms with Crippen LogP contribution in [-0.4, -0.2) is 26.8 Å². The van der Waals surface area contributed by atoms with Crippen LogP contribution in [0.25, 0.3) is 0 Å². The van der Waals surface area contributed by atoms with E-state index in [-0.39, 0.29) is 17.7 Å². The fraction of sp³-hybridized carbons (Fsp3) is 0.316. The van der Waals surface area contributed by atoms with E-state index in [0.29, 0.717) is 22.3 Å². The topological polar surface area (TPSA) is 84.2 Å². The van der Waals surface area contributed by atoms with Crippen molar-refractivity contribution in [1.29, 1.82) is 0 Å². The third-order valence-electron chi connectivity index (χ3n) is 5.30. The van der Waals surface area contributed by atoms with Crippen molar-refractivity contribution in [2.75, 3.05) is 5.32 Å². The molecule has 1 saturated carbocycles. The summed E-state index contributed by atoms with van der Waals surface area (Å²) in [6.45, 7) is 0.431. The lowest BCUT2D eigenvalue weighted by Crippen LogP contribution is -2.36. The molecule has 1 heterocycles. The minimum atomic E-state index is -0.917. The third kappa shape index (κ3) is 3.47. The lowest BCUT2D eigenvalue weighted by molar-refractivity contribution is -0.146. The number of carbonyl (C=O) groups is 2. The summed E-state index contributed by atoms with van der Waals surface area (Å²) in [4.78, 5) is 24.3. The monoisotopic (exact) mass is 405 g/mol. The summed E-state index contributed by atoms with van der Waals surface area (Å²) in [7, 11) is 0. The summed E-state index contributed by atoms with van der Waals surface area (Å²) in [6.07, 6.45) is 7.84. The van der Waals surface area contributed by atoms with Gasteiger partial charge in [0.2, 0.25) is 5.91 Å². The number of anilines is 1. The third-order valence-corrected chi connectivity index (χ3v) is 5.88. The van der Waals surface area contributed by atoms with E-state index in [2.05, 4.69) is 10.4 Å². The number of rotatable bonds is 5. The number of nitrogens with one attached hydrogen (secondary N) is 1. The number of carboxylic acid groups (broad SMARTS) is 1. The first-order chi connectivity index (χ1) is 12.9. The highest BCUT2D eigenvalue weighted by Gasteiger charge is 2.51. The number of carboxylic acids is 1. The van der Waals surface area contributed by atoms with Crippen molar-refractivity contribution in [2.45, 2.75) is 13.0 Å². The van der Waals surface area contributed by atoms with Crippen LogP contribution in [0, 0.1) is 23.7 Å². The number of halogens is 2. The molecule has 27 heavy (non-hydrogen) atoms. The number of aliphatic carboxylic acids is 1. The van der Waals surface area contributed by atoms with Gasteiger partial charge in [0, 0.05) is 16.2 Å². The number of allylic oxidation sites excluding steroid dienone is 2. The number of benzene rings is 1. The van der Waals surface area contributed by atoms with Gasteiger partial charge in [-0.2, -0.15) is 5.10 Å². The molecule has 2 bridgehead atoms. The molecule has 0 unspecified atom stereocenters. The zero-order valence-electron chi connectivity index (χ0n) is 14.2. The summed E-state index contributed by atoms with van der Waals surface area (Å²) in [5.41, 5.74) is 1.38. The molecular formula is C19H17Cl2N3O3. The molecule has 1 amide bonds. The molecule has 4 atom stereocenters. The number of carbonyl (C=O) groups excluding carboxylic acids is 1. The second kappa shape index (κ2) is 7.02. The SMILES string of the molecule is O=C(O)[C@@H]1[C@@H](C(=O)Nc2cnn(Cc3ccc(Cl)cc3Cl)c2)[C@H]2C=C[C@H]1C2. The molecular weight excluding hydrogens is 389 g/mol. The lowest BCUT2D eigenvalue weighted by Gasteiger charge is -2.23. The van der Waals surface area contributed by atoms with Crippen molar-refractivity contribution >= 4 is 40.8 Å². The Kier molecular flexibility index (Phi) is 4.70. The van der Waals surface area contributed by atoms with Crippen LogP contribution in [0.3, 0.4) is 0 Å². The van der Waals surface area contributed by atoms with Crippen molar-refractivity contribution in [3.8, 4) is 0 Å². The number of amides is 1. The molecule has 0 aliphatic heterocycles. The van der Waals surface area contributed by atoms with Gasteiger partial charge in [-0.1, -0.05) is 41.4 Å². The predicted molar refractivity (Wildman–Crippen MR) is 102 cm³/mol. The summed E-state index contributed by atoms with van der Waals surface area (Å²) >= 11 is 12.1. The molecule has 140 valence electrons. The first-order valence-corrected chi connectivity index (χ1v) is 9.36. The van der Waals surface area contributed by atoms with Crippen molar-refractivity contribution in [1.82, 2.24) is 9.78 Å². The maximum absolute atomic E-state index is 12.7. The molecule has 0 radical (unpaired) electrons. The number of aromatic nitrogens is 2. The molecule has 0 spiro atoms. The standard InChI is InChI=1S/C19H17Cl2N3O3/c20-13-4-3-12(15(21)6-13)8-24-9-14(7-22-24)23-18(25)16-10-1-2-11(5-10)17(16)19(26)27/h1-4,6-7,9-11,16-17H,5,8H2,(H,23,25)(H,26,27)/t10-,11-,16-,17-/m0/s1. The quantitative estimate of drug-likeness (QED) is 0.742. The number of hydrogen-bond donors (Lipinski definition) is 2. The Bertz CT molecular complexity index is 940. The van der Waals surface area contributed by atoms with Gasteiger partial charge in [-0.15, -0.1) is 0 Å². The molecule has 1 aromatic heterocycles. The molecule has 8 heteroatoms. The smallest absolute Gasteiger partial charge is 0.307 e. The van der Waals surface area contributed by atoms with E-state index in [0.717, 1.165) is 12.0 Å². The van der Waals surface area contributed by atoms with Crippen molar-refractivity contribution in [3.05, 3.63) is 58.4 Å². The van der Waals surface area contributed by atoms with Gasteiger partial charge >= 0.3 is 5.97 Å². The average molecular weight is 406 g/mol. The summed E-state index contributed by atoms with van der Waals surface area (Å²) in [5.74, 6) is -2.48. The number of fused-ring (bicyclic) bond motifs is 2. The van der Waals surface area contributed by atoms with E-state index >= 15 is 0 Å². The molecule has 1 fully saturated rings. The fourth-order valence-electron chi connectivity index (χ4n) is 4.08. The van der Waals surface area contributed by atoms with Gasteiger partial charge in [0.25, 0.3) is 0 Å². The molecule has 1 aromatic carbocycles. The predicted octanol–water partition coefficient (Wildman–Crippen LogP) is 3.70. The van der Waals surface area contributed by atoms with E-state index in [4.69, 9.17) is 23.2 Å².